The maximum atomic E-state index is 11.6. The standard InChI is InChI=1S/C8H16BrNO2S/c1-2-10(13(11,12)7-9)8-5-3-4-6-8/h8H,2-7H2,1H3. The molecular formula is C8H16BrNO2S. The molecule has 1 saturated carbocycles. The molecule has 0 atom stereocenters. The Morgan fingerprint density at radius 1 is 1.38 bits per heavy atom. The summed E-state index contributed by atoms with van der Waals surface area (Å²) in [5.41, 5.74) is 0. The fourth-order valence-corrected chi connectivity index (χ4v) is 3.91. The molecule has 0 aromatic rings. The lowest BCUT2D eigenvalue weighted by Crippen LogP contribution is -2.38. The van der Waals surface area contributed by atoms with E-state index in [1.807, 2.05) is 6.92 Å². The average molecular weight is 270 g/mol. The minimum Gasteiger partial charge on any atom is -0.211 e. The van der Waals surface area contributed by atoms with Gasteiger partial charge in [0.1, 0.15) is 4.66 Å². The molecule has 0 heterocycles. The second-order valence-electron chi connectivity index (χ2n) is 3.36. The van der Waals surface area contributed by atoms with Crippen molar-refractivity contribution in [1.82, 2.24) is 4.31 Å². The summed E-state index contributed by atoms with van der Waals surface area (Å²) in [6.45, 7) is 2.50. The minimum atomic E-state index is -3.04. The van der Waals surface area contributed by atoms with Gasteiger partial charge in [-0.25, -0.2) is 8.42 Å². The van der Waals surface area contributed by atoms with Crippen molar-refractivity contribution in [2.45, 2.75) is 38.6 Å². The van der Waals surface area contributed by atoms with Gasteiger partial charge < -0.3 is 0 Å². The zero-order valence-corrected chi connectivity index (χ0v) is 10.3. The van der Waals surface area contributed by atoms with Gasteiger partial charge >= 0.3 is 0 Å². The average Bonchev–Trinajstić information content (AvgIpc) is 2.58. The monoisotopic (exact) mass is 269 g/mol. The Hall–Kier alpha value is 0.390. The third kappa shape index (κ3) is 2.67. The summed E-state index contributed by atoms with van der Waals surface area (Å²) in [6.07, 6.45) is 4.39. The van der Waals surface area contributed by atoms with Crippen molar-refractivity contribution in [3.05, 3.63) is 0 Å². The molecule has 0 saturated heterocycles. The van der Waals surface area contributed by atoms with Crippen LogP contribution in [-0.4, -0.2) is 30.0 Å². The molecule has 1 aliphatic rings. The third-order valence-corrected chi connectivity index (χ3v) is 5.82. The van der Waals surface area contributed by atoms with Gasteiger partial charge in [-0.3, -0.25) is 0 Å². The van der Waals surface area contributed by atoms with Crippen LogP contribution < -0.4 is 0 Å². The Kier molecular flexibility index (Phi) is 4.19. The molecule has 0 unspecified atom stereocenters. The van der Waals surface area contributed by atoms with Gasteiger partial charge in [-0.15, -0.1) is 0 Å². The van der Waals surface area contributed by atoms with E-state index >= 15 is 0 Å². The van der Waals surface area contributed by atoms with Crippen LogP contribution in [0.1, 0.15) is 32.6 Å². The zero-order chi connectivity index (χ0) is 9.90. The zero-order valence-electron chi connectivity index (χ0n) is 7.87. The molecule has 3 nitrogen and oxygen atoms in total. The first-order chi connectivity index (χ1) is 6.11. The number of hydrogen-bond donors (Lipinski definition) is 0. The van der Waals surface area contributed by atoms with Crippen molar-refractivity contribution >= 4 is 26.0 Å². The Balaban J connectivity index is 2.71. The lowest BCUT2D eigenvalue weighted by molar-refractivity contribution is 0.337. The summed E-state index contributed by atoms with van der Waals surface area (Å²) in [5.74, 6) is 0. The van der Waals surface area contributed by atoms with E-state index in [-0.39, 0.29) is 10.7 Å². The number of alkyl halides is 1. The van der Waals surface area contributed by atoms with Gasteiger partial charge in [0.05, 0.1) is 0 Å². The van der Waals surface area contributed by atoms with Crippen LogP contribution >= 0.6 is 15.9 Å². The second kappa shape index (κ2) is 4.75. The smallest absolute Gasteiger partial charge is 0.211 e. The Bertz CT molecular complexity index is 247. The largest absolute Gasteiger partial charge is 0.224 e. The molecule has 0 spiro atoms. The van der Waals surface area contributed by atoms with E-state index in [1.54, 1.807) is 4.31 Å². The Labute approximate surface area is 88.7 Å². The Morgan fingerprint density at radius 3 is 2.31 bits per heavy atom. The normalized spacial score (nSPS) is 19.9. The number of nitrogens with zero attached hydrogens (tertiary/aromatic N) is 1. The van der Waals surface area contributed by atoms with E-state index in [4.69, 9.17) is 0 Å². The molecule has 0 aromatic carbocycles. The minimum absolute atomic E-state index is 0.0460. The van der Waals surface area contributed by atoms with Crippen molar-refractivity contribution in [3.63, 3.8) is 0 Å². The van der Waals surface area contributed by atoms with E-state index in [2.05, 4.69) is 15.9 Å². The molecule has 78 valence electrons. The van der Waals surface area contributed by atoms with Crippen LogP contribution in [0.2, 0.25) is 0 Å². The predicted molar refractivity (Wildman–Crippen MR) is 57.3 cm³/mol. The van der Waals surface area contributed by atoms with Crippen molar-refractivity contribution in [2.75, 3.05) is 11.2 Å². The SMILES string of the molecule is CCN(C1CCCC1)S(=O)(=O)CBr. The maximum Gasteiger partial charge on any atom is 0.224 e. The first kappa shape index (κ1) is 11.5. The lowest BCUT2D eigenvalue weighted by atomic mass is 10.2. The summed E-state index contributed by atoms with van der Waals surface area (Å²) in [4.78, 5) is 0. The molecule has 0 bridgehead atoms. The van der Waals surface area contributed by atoms with Gasteiger partial charge in [0.15, 0.2) is 0 Å². The molecule has 1 rings (SSSR count). The fraction of sp³-hybridized carbons (Fsp3) is 1.00. The maximum absolute atomic E-state index is 11.6. The van der Waals surface area contributed by atoms with E-state index in [0.717, 1.165) is 12.8 Å². The number of sulfonamides is 1. The first-order valence-corrected chi connectivity index (χ1v) is 7.40. The van der Waals surface area contributed by atoms with E-state index in [0.29, 0.717) is 6.54 Å². The molecule has 0 aliphatic heterocycles. The first-order valence-electron chi connectivity index (χ1n) is 4.67. The summed E-state index contributed by atoms with van der Waals surface area (Å²) < 4.78 is 24.9. The number of halogens is 1. The highest BCUT2D eigenvalue weighted by Gasteiger charge is 2.29. The summed E-state index contributed by atoms with van der Waals surface area (Å²) in [6, 6.07) is 0.257. The lowest BCUT2D eigenvalue weighted by Gasteiger charge is -2.25. The van der Waals surface area contributed by atoms with Crippen LogP contribution in [0.25, 0.3) is 0 Å². The van der Waals surface area contributed by atoms with Crippen molar-refractivity contribution in [1.29, 1.82) is 0 Å². The molecule has 13 heavy (non-hydrogen) atoms. The highest BCUT2D eigenvalue weighted by atomic mass is 79.9. The molecular weight excluding hydrogens is 254 g/mol. The Morgan fingerprint density at radius 2 is 1.92 bits per heavy atom. The van der Waals surface area contributed by atoms with Crippen LogP contribution in [0, 0.1) is 0 Å². The summed E-state index contributed by atoms with van der Waals surface area (Å²) in [5, 5.41) is 0. The molecule has 5 heteroatoms. The number of hydrogen-bond acceptors (Lipinski definition) is 2. The molecule has 0 aromatic heterocycles. The quantitative estimate of drug-likeness (QED) is 0.732. The van der Waals surface area contributed by atoms with Gasteiger partial charge in [-0.1, -0.05) is 35.7 Å². The molecule has 0 amide bonds. The van der Waals surface area contributed by atoms with E-state index < -0.39 is 10.0 Å². The molecule has 0 N–H and O–H groups in total. The summed E-state index contributed by atoms with van der Waals surface area (Å²) >= 11 is 3.03. The van der Waals surface area contributed by atoms with Crippen LogP contribution in [0.5, 0.6) is 0 Å². The van der Waals surface area contributed by atoms with Gasteiger partial charge in [0.25, 0.3) is 0 Å². The van der Waals surface area contributed by atoms with Gasteiger partial charge in [0.2, 0.25) is 10.0 Å². The molecule has 1 fully saturated rings. The summed E-state index contributed by atoms with van der Waals surface area (Å²) in [7, 11) is -3.04. The van der Waals surface area contributed by atoms with Gasteiger partial charge in [-0.05, 0) is 12.8 Å². The van der Waals surface area contributed by atoms with E-state index in [9.17, 15) is 8.42 Å². The van der Waals surface area contributed by atoms with Gasteiger partial charge in [-0.2, -0.15) is 4.31 Å². The van der Waals surface area contributed by atoms with Crippen LogP contribution in [-0.2, 0) is 10.0 Å². The topological polar surface area (TPSA) is 37.4 Å². The predicted octanol–water partition coefficient (Wildman–Crippen LogP) is 1.93. The van der Waals surface area contributed by atoms with Crippen LogP contribution in [0.3, 0.4) is 0 Å². The van der Waals surface area contributed by atoms with Crippen molar-refractivity contribution in [3.8, 4) is 0 Å². The van der Waals surface area contributed by atoms with Crippen LogP contribution in [0.15, 0.2) is 0 Å². The van der Waals surface area contributed by atoms with Crippen molar-refractivity contribution < 1.29 is 8.42 Å². The second-order valence-corrected chi connectivity index (χ2v) is 6.59. The van der Waals surface area contributed by atoms with Crippen molar-refractivity contribution in [2.24, 2.45) is 0 Å². The molecule has 0 radical (unpaired) electrons. The number of rotatable bonds is 4. The third-order valence-electron chi connectivity index (χ3n) is 2.54. The van der Waals surface area contributed by atoms with Gasteiger partial charge in [0, 0.05) is 12.6 Å². The highest BCUT2D eigenvalue weighted by molar-refractivity contribution is 9.10. The van der Waals surface area contributed by atoms with Crippen LogP contribution in [0.4, 0.5) is 0 Å². The highest BCUT2D eigenvalue weighted by Crippen LogP contribution is 2.25. The fourth-order valence-electron chi connectivity index (χ4n) is 1.94. The molecule has 1 aliphatic carbocycles. The van der Waals surface area contributed by atoms with E-state index in [1.165, 1.54) is 12.8 Å².